The number of aromatic hydroxyl groups is 1. The molecule has 0 spiro atoms. The molecule has 2 N–H and O–H groups in total. The Morgan fingerprint density at radius 1 is 1.05 bits per heavy atom. The van der Waals surface area contributed by atoms with Crippen LogP contribution in [0.5, 0.6) is 5.75 Å². The maximum absolute atomic E-state index is 12.5. The van der Waals surface area contributed by atoms with Gasteiger partial charge in [-0.1, -0.05) is 0 Å². The molecule has 22 heavy (non-hydrogen) atoms. The van der Waals surface area contributed by atoms with Gasteiger partial charge < -0.3 is 10.4 Å². The number of hydrogen-bond acceptors (Lipinski definition) is 2. The Morgan fingerprint density at radius 2 is 1.55 bits per heavy atom. The van der Waals surface area contributed by atoms with Crippen LogP contribution in [0.4, 0.5) is 18.9 Å². The lowest BCUT2D eigenvalue weighted by Crippen LogP contribution is -2.13. The molecule has 2 rings (SSSR count). The summed E-state index contributed by atoms with van der Waals surface area (Å²) in [7, 11) is 0. The van der Waals surface area contributed by atoms with Gasteiger partial charge in [0.25, 0.3) is 5.91 Å². The quantitative estimate of drug-likeness (QED) is 0.634. The molecule has 0 heterocycles. The van der Waals surface area contributed by atoms with Crippen LogP contribution in [0.2, 0.25) is 0 Å². The summed E-state index contributed by atoms with van der Waals surface area (Å²) in [5, 5.41) is 12.1. The molecule has 2 aromatic carbocycles. The van der Waals surface area contributed by atoms with Gasteiger partial charge in [-0.3, -0.25) is 4.79 Å². The van der Waals surface area contributed by atoms with E-state index in [1.54, 1.807) is 0 Å². The molecule has 0 aliphatic heterocycles. The van der Waals surface area contributed by atoms with Crippen LogP contribution < -0.4 is 5.32 Å². The van der Waals surface area contributed by atoms with Gasteiger partial charge in [-0.05, 0) is 68.3 Å². The van der Waals surface area contributed by atoms with Gasteiger partial charge in [-0.2, -0.15) is 13.2 Å². The number of phenolic OH excluding ortho intramolecular Hbond substituents is 1. The summed E-state index contributed by atoms with van der Waals surface area (Å²) >= 11 is 6.24. The first kappa shape index (κ1) is 16.8. The van der Waals surface area contributed by atoms with Crippen molar-refractivity contribution in [2.75, 3.05) is 5.32 Å². The lowest BCUT2D eigenvalue weighted by Gasteiger charge is -2.10. The molecule has 0 atom stereocenters. The van der Waals surface area contributed by atoms with E-state index in [2.05, 4.69) is 37.2 Å². The van der Waals surface area contributed by atoms with E-state index < -0.39 is 17.6 Å². The first-order valence-corrected chi connectivity index (χ1v) is 7.43. The first-order chi connectivity index (χ1) is 10.2. The van der Waals surface area contributed by atoms with Crippen molar-refractivity contribution in [2.24, 2.45) is 0 Å². The Labute approximate surface area is 140 Å². The molecule has 0 aliphatic carbocycles. The molecule has 0 bridgehead atoms. The summed E-state index contributed by atoms with van der Waals surface area (Å²) in [5.74, 6) is -0.578. The molecule has 0 saturated heterocycles. The lowest BCUT2D eigenvalue weighted by molar-refractivity contribution is -0.137. The Morgan fingerprint density at radius 3 is 2.00 bits per heavy atom. The van der Waals surface area contributed by atoms with E-state index in [4.69, 9.17) is 0 Å². The molecule has 0 aromatic heterocycles. The van der Waals surface area contributed by atoms with E-state index in [1.807, 2.05) is 0 Å². The van der Waals surface area contributed by atoms with Gasteiger partial charge >= 0.3 is 6.18 Å². The number of carbonyl (C=O) groups excluding carboxylic acids is 1. The van der Waals surface area contributed by atoms with Crippen molar-refractivity contribution in [1.29, 1.82) is 0 Å². The van der Waals surface area contributed by atoms with Crippen LogP contribution in [0.3, 0.4) is 0 Å². The Kier molecular flexibility index (Phi) is 4.81. The van der Waals surface area contributed by atoms with Crippen LogP contribution in [0.15, 0.2) is 45.3 Å². The molecule has 0 radical (unpaired) electrons. The van der Waals surface area contributed by atoms with Gasteiger partial charge in [0.2, 0.25) is 0 Å². The minimum Gasteiger partial charge on any atom is -0.506 e. The van der Waals surface area contributed by atoms with Crippen LogP contribution in [0, 0.1) is 0 Å². The number of anilines is 1. The zero-order valence-corrected chi connectivity index (χ0v) is 13.9. The van der Waals surface area contributed by atoms with Crippen LogP contribution in [-0.2, 0) is 6.18 Å². The monoisotopic (exact) mass is 437 g/mol. The number of hydrogen-bond donors (Lipinski definition) is 2. The highest BCUT2D eigenvalue weighted by Crippen LogP contribution is 2.35. The summed E-state index contributed by atoms with van der Waals surface area (Å²) in [6.07, 6.45) is -4.44. The molecule has 3 nitrogen and oxygen atoms in total. The van der Waals surface area contributed by atoms with Crippen molar-refractivity contribution in [3.05, 3.63) is 56.5 Å². The number of amides is 1. The van der Waals surface area contributed by atoms with E-state index in [9.17, 15) is 23.1 Å². The standard InChI is InChI=1S/C14H8Br2F3NO2/c15-10-5-9(6-11(16)12(10)21)20-13(22)7-1-3-8(4-2-7)14(17,18)19/h1-6,21H,(H,20,22). The normalized spacial score (nSPS) is 11.3. The highest BCUT2D eigenvalue weighted by molar-refractivity contribution is 9.11. The van der Waals surface area contributed by atoms with E-state index in [0.717, 1.165) is 24.3 Å². The fourth-order valence-electron chi connectivity index (χ4n) is 1.65. The first-order valence-electron chi connectivity index (χ1n) is 5.85. The minimum atomic E-state index is -4.44. The van der Waals surface area contributed by atoms with Gasteiger partial charge in [-0.15, -0.1) is 0 Å². The number of carbonyl (C=O) groups is 1. The summed E-state index contributed by atoms with van der Waals surface area (Å²) < 4.78 is 38.1. The number of rotatable bonds is 2. The summed E-state index contributed by atoms with van der Waals surface area (Å²) in [6.45, 7) is 0. The van der Waals surface area contributed by atoms with Crippen LogP contribution in [-0.4, -0.2) is 11.0 Å². The fourth-order valence-corrected chi connectivity index (χ4v) is 2.84. The van der Waals surface area contributed by atoms with Crippen molar-refractivity contribution in [3.8, 4) is 5.75 Å². The van der Waals surface area contributed by atoms with E-state index in [1.165, 1.54) is 12.1 Å². The summed E-state index contributed by atoms with van der Waals surface area (Å²) in [4.78, 5) is 12.0. The van der Waals surface area contributed by atoms with Crippen molar-refractivity contribution >= 4 is 43.5 Å². The zero-order valence-electron chi connectivity index (χ0n) is 10.7. The summed E-state index contributed by atoms with van der Waals surface area (Å²) in [5.41, 5.74) is -0.353. The van der Waals surface area contributed by atoms with Gasteiger partial charge in [0.15, 0.2) is 0 Å². The molecule has 0 saturated carbocycles. The molecule has 8 heteroatoms. The lowest BCUT2D eigenvalue weighted by atomic mass is 10.1. The molecule has 0 fully saturated rings. The smallest absolute Gasteiger partial charge is 0.416 e. The molecule has 0 aliphatic rings. The number of benzene rings is 2. The Balaban J connectivity index is 2.19. The highest BCUT2D eigenvalue weighted by atomic mass is 79.9. The second kappa shape index (κ2) is 6.29. The molecule has 2 aromatic rings. The molecule has 116 valence electrons. The largest absolute Gasteiger partial charge is 0.506 e. The van der Waals surface area contributed by atoms with E-state index >= 15 is 0 Å². The van der Waals surface area contributed by atoms with Crippen LogP contribution >= 0.6 is 31.9 Å². The van der Waals surface area contributed by atoms with Gasteiger partial charge in [0.05, 0.1) is 14.5 Å². The van der Waals surface area contributed by atoms with Crippen molar-refractivity contribution in [1.82, 2.24) is 0 Å². The molecule has 1 amide bonds. The van der Waals surface area contributed by atoms with Gasteiger partial charge in [0.1, 0.15) is 5.75 Å². The topological polar surface area (TPSA) is 49.3 Å². The number of alkyl halides is 3. The van der Waals surface area contributed by atoms with Crippen LogP contribution in [0.1, 0.15) is 15.9 Å². The third kappa shape index (κ3) is 3.80. The second-order valence-electron chi connectivity index (χ2n) is 4.32. The average molecular weight is 439 g/mol. The molecular formula is C14H8Br2F3NO2. The number of halogens is 5. The maximum Gasteiger partial charge on any atom is 0.416 e. The van der Waals surface area contributed by atoms with Crippen molar-refractivity contribution < 1.29 is 23.1 Å². The highest BCUT2D eigenvalue weighted by Gasteiger charge is 2.30. The average Bonchev–Trinajstić information content (AvgIpc) is 2.44. The third-order valence-electron chi connectivity index (χ3n) is 2.75. The second-order valence-corrected chi connectivity index (χ2v) is 6.03. The summed E-state index contributed by atoms with van der Waals surface area (Å²) in [6, 6.07) is 6.84. The number of nitrogens with one attached hydrogen (secondary N) is 1. The van der Waals surface area contributed by atoms with Gasteiger partial charge in [-0.25, -0.2) is 0 Å². The predicted molar refractivity (Wildman–Crippen MR) is 82.9 cm³/mol. The zero-order chi connectivity index (χ0) is 16.5. The predicted octanol–water partition coefficient (Wildman–Crippen LogP) is 5.19. The van der Waals surface area contributed by atoms with Gasteiger partial charge in [0, 0.05) is 11.3 Å². The fraction of sp³-hybridized carbons (Fsp3) is 0.0714. The van der Waals surface area contributed by atoms with Crippen molar-refractivity contribution in [3.63, 3.8) is 0 Å². The van der Waals surface area contributed by atoms with Crippen molar-refractivity contribution in [2.45, 2.75) is 6.18 Å². The SMILES string of the molecule is O=C(Nc1cc(Br)c(O)c(Br)c1)c1ccc(C(F)(F)F)cc1. The van der Waals surface area contributed by atoms with E-state index in [-0.39, 0.29) is 11.3 Å². The third-order valence-corrected chi connectivity index (χ3v) is 3.96. The number of phenols is 1. The Bertz CT molecular complexity index is 692. The Hall–Kier alpha value is -1.54. The van der Waals surface area contributed by atoms with E-state index in [0.29, 0.717) is 14.6 Å². The minimum absolute atomic E-state index is 0.0208. The van der Waals surface area contributed by atoms with Crippen LogP contribution in [0.25, 0.3) is 0 Å². The molecular weight excluding hydrogens is 431 g/mol. The molecule has 0 unspecified atom stereocenters. The maximum atomic E-state index is 12.5.